The summed E-state index contributed by atoms with van der Waals surface area (Å²) in [6, 6.07) is 0. The molecule has 4 aliphatic carbocycles. The molecule has 0 spiro atoms. The van der Waals surface area contributed by atoms with E-state index in [4.69, 9.17) is 10.1 Å². The summed E-state index contributed by atoms with van der Waals surface area (Å²) >= 11 is 0. The normalized spacial score (nSPS) is 50.2. The first-order chi connectivity index (χ1) is 11.9. The van der Waals surface area contributed by atoms with E-state index in [0.717, 1.165) is 42.2 Å². The largest absolute Gasteiger partial charge is 0.412 e. The summed E-state index contributed by atoms with van der Waals surface area (Å²) in [4.78, 5) is 0. The third-order valence-corrected chi connectivity index (χ3v) is 9.04. The van der Waals surface area contributed by atoms with Gasteiger partial charge in [-0.15, -0.1) is 0 Å². The molecule has 0 aliphatic heterocycles. The Morgan fingerprint density at radius 2 is 1.77 bits per heavy atom. The summed E-state index contributed by atoms with van der Waals surface area (Å²) in [6.45, 7) is 5.05. The van der Waals surface area contributed by atoms with Crippen molar-refractivity contribution in [3.8, 4) is 0 Å². The van der Waals surface area contributed by atoms with E-state index in [1.165, 1.54) is 44.9 Å². The van der Waals surface area contributed by atoms with Crippen molar-refractivity contribution in [1.29, 1.82) is 5.41 Å². The van der Waals surface area contributed by atoms with Gasteiger partial charge >= 0.3 is 0 Å². The summed E-state index contributed by atoms with van der Waals surface area (Å²) in [6.07, 6.45) is 11.0. The van der Waals surface area contributed by atoms with E-state index in [1.807, 2.05) is 6.92 Å². The van der Waals surface area contributed by atoms with Gasteiger partial charge in [-0.3, -0.25) is 0 Å². The number of methoxy groups -OCH3 is 1. The molecule has 8 atom stereocenters. The van der Waals surface area contributed by atoms with Crippen LogP contribution >= 0.6 is 0 Å². The lowest BCUT2D eigenvalue weighted by Crippen LogP contribution is -2.52. The summed E-state index contributed by atoms with van der Waals surface area (Å²) < 4.78 is 5.30. The number of aliphatic hydroxyl groups is 1. The van der Waals surface area contributed by atoms with Crippen LogP contribution in [0, 0.1) is 46.3 Å². The van der Waals surface area contributed by atoms with Crippen LogP contribution in [0.3, 0.4) is 0 Å². The van der Waals surface area contributed by atoms with Gasteiger partial charge in [0.15, 0.2) is 0 Å². The molecule has 0 saturated heterocycles. The van der Waals surface area contributed by atoms with Gasteiger partial charge in [0.1, 0.15) is 0 Å². The highest BCUT2D eigenvalue weighted by molar-refractivity contribution is 5.82. The second-order valence-electron chi connectivity index (χ2n) is 10.2. The van der Waals surface area contributed by atoms with Crippen LogP contribution in [0.25, 0.3) is 0 Å². The summed E-state index contributed by atoms with van der Waals surface area (Å²) in [5.41, 5.74) is 0.756. The average Bonchev–Trinajstić information content (AvgIpc) is 2.91. The lowest BCUT2D eigenvalue weighted by molar-refractivity contribution is -0.122. The lowest BCUT2D eigenvalue weighted by Gasteiger charge is -2.57. The smallest absolute Gasteiger partial charge is 0.0882 e. The molecule has 0 aromatic rings. The Balaban J connectivity index is 0.00000196. The van der Waals surface area contributed by atoms with E-state index < -0.39 is 5.60 Å². The zero-order valence-electron chi connectivity index (χ0n) is 16.9. The van der Waals surface area contributed by atoms with Gasteiger partial charge in [-0.2, -0.15) is 0 Å². The van der Waals surface area contributed by atoms with Crippen LogP contribution in [-0.2, 0) is 4.74 Å². The van der Waals surface area contributed by atoms with Crippen molar-refractivity contribution >= 4 is 5.71 Å². The highest BCUT2D eigenvalue weighted by Crippen LogP contribution is 2.64. The maximum Gasteiger partial charge on any atom is 0.0882 e. The third kappa shape index (κ3) is 3.06. The monoisotopic (exact) mass is 365 g/mol. The molecular formula is C22H39NO3. The molecule has 150 valence electrons. The quantitative estimate of drug-likeness (QED) is 0.745. The highest BCUT2D eigenvalue weighted by atomic mass is 16.5. The van der Waals surface area contributed by atoms with Crippen LogP contribution in [0.4, 0.5) is 0 Å². The molecule has 4 nitrogen and oxygen atoms in total. The first kappa shape index (κ1) is 20.3. The Kier molecular flexibility index (Phi) is 5.60. The average molecular weight is 366 g/mol. The fourth-order valence-electron chi connectivity index (χ4n) is 8.07. The van der Waals surface area contributed by atoms with Crippen molar-refractivity contribution in [2.75, 3.05) is 13.7 Å². The van der Waals surface area contributed by atoms with E-state index in [2.05, 4.69) is 6.92 Å². The maximum atomic E-state index is 10.8. The molecule has 4 fully saturated rings. The molecule has 4 heteroatoms. The SMILES string of the molecule is COC[C@@]1(O)CCC2C(CCC3C2CCC2(C)C(C(C)=N)CCC32)C1.O. The van der Waals surface area contributed by atoms with Crippen LogP contribution in [-0.4, -0.2) is 35.6 Å². The molecule has 0 aromatic carbocycles. The number of nitrogens with one attached hydrogen (secondary N) is 1. The molecule has 0 bridgehead atoms. The van der Waals surface area contributed by atoms with Gasteiger partial charge in [-0.05, 0) is 99.7 Å². The summed E-state index contributed by atoms with van der Waals surface area (Å²) in [7, 11) is 1.71. The standard InChI is InChI=1S/C22H37NO2.H2O/c1-14(23)19-6-7-20-18-5-4-15-12-22(24,13-25-3)11-9-16(15)17(18)8-10-21(19,20)2;/h15-20,23-24H,4-13H2,1-3H3;1H2/t15?,16?,17?,18?,19?,20?,21?,22-;/m1./s1. The lowest BCUT2D eigenvalue weighted by atomic mass is 9.49. The molecule has 4 aliphatic rings. The van der Waals surface area contributed by atoms with Gasteiger partial charge in [0.25, 0.3) is 0 Å². The minimum absolute atomic E-state index is 0. The van der Waals surface area contributed by atoms with Gasteiger partial charge in [-0.25, -0.2) is 0 Å². The van der Waals surface area contributed by atoms with Crippen molar-refractivity contribution < 1.29 is 15.3 Å². The van der Waals surface area contributed by atoms with Crippen molar-refractivity contribution in [3.63, 3.8) is 0 Å². The molecule has 0 amide bonds. The van der Waals surface area contributed by atoms with Gasteiger partial charge in [0.05, 0.1) is 12.2 Å². The topological polar surface area (TPSA) is 84.8 Å². The van der Waals surface area contributed by atoms with Crippen LogP contribution in [0.15, 0.2) is 0 Å². The fourth-order valence-corrected chi connectivity index (χ4v) is 8.07. The van der Waals surface area contributed by atoms with Gasteiger partial charge in [-0.1, -0.05) is 6.92 Å². The molecule has 0 aromatic heterocycles. The number of ether oxygens (including phenoxy) is 1. The fraction of sp³-hybridized carbons (Fsp3) is 0.955. The highest BCUT2D eigenvalue weighted by Gasteiger charge is 2.58. The Morgan fingerprint density at radius 1 is 1.04 bits per heavy atom. The Hall–Kier alpha value is -0.450. The number of fused-ring (bicyclic) bond motifs is 5. The van der Waals surface area contributed by atoms with Gasteiger partial charge in [0, 0.05) is 18.7 Å². The number of rotatable bonds is 3. The second kappa shape index (κ2) is 7.18. The minimum atomic E-state index is -0.568. The molecule has 4 N–H and O–H groups in total. The molecule has 0 heterocycles. The predicted octanol–water partition coefficient (Wildman–Crippen LogP) is 3.85. The maximum absolute atomic E-state index is 10.8. The van der Waals surface area contributed by atoms with Crippen LogP contribution < -0.4 is 0 Å². The zero-order valence-corrected chi connectivity index (χ0v) is 16.9. The van der Waals surface area contributed by atoms with Gasteiger partial charge < -0.3 is 20.7 Å². The van der Waals surface area contributed by atoms with E-state index in [1.54, 1.807) is 7.11 Å². The van der Waals surface area contributed by atoms with Crippen LogP contribution in [0.5, 0.6) is 0 Å². The summed E-state index contributed by atoms with van der Waals surface area (Å²) in [5.74, 6) is 4.69. The van der Waals surface area contributed by atoms with E-state index >= 15 is 0 Å². The third-order valence-electron chi connectivity index (χ3n) is 9.04. The molecule has 4 rings (SSSR count). The van der Waals surface area contributed by atoms with E-state index in [9.17, 15) is 5.11 Å². The van der Waals surface area contributed by atoms with Crippen molar-refractivity contribution in [2.45, 2.75) is 77.2 Å². The Labute approximate surface area is 158 Å². The van der Waals surface area contributed by atoms with Gasteiger partial charge in [0.2, 0.25) is 0 Å². The first-order valence-corrected chi connectivity index (χ1v) is 10.6. The molecule has 0 radical (unpaired) electrons. The molecule has 4 saturated carbocycles. The summed E-state index contributed by atoms with van der Waals surface area (Å²) in [5, 5.41) is 19.1. The zero-order chi connectivity index (χ0) is 17.8. The number of hydrogen-bond donors (Lipinski definition) is 2. The number of hydrogen-bond acceptors (Lipinski definition) is 3. The molecule has 26 heavy (non-hydrogen) atoms. The van der Waals surface area contributed by atoms with Crippen molar-refractivity contribution in [1.82, 2.24) is 0 Å². The van der Waals surface area contributed by atoms with Crippen molar-refractivity contribution in [3.05, 3.63) is 0 Å². The molecular weight excluding hydrogens is 326 g/mol. The van der Waals surface area contributed by atoms with Crippen LogP contribution in [0.1, 0.15) is 71.6 Å². The first-order valence-electron chi connectivity index (χ1n) is 10.6. The van der Waals surface area contributed by atoms with E-state index in [-0.39, 0.29) is 5.48 Å². The second-order valence-corrected chi connectivity index (χ2v) is 10.2. The minimum Gasteiger partial charge on any atom is -0.412 e. The molecule has 7 unspecified atom stereocenters. The van der Waals surface area contributed by atoms with Crippen molar-refractivity contribution in [2.24, 2.45) is 40.9 Å². The Bertz CT molecular complexity index is 537. The van der Waals surface area contributed by atoms with E-state index in [0.29, 0.717) is 23.9 Å². The Morgan fingerprint density at radius 3 is 2.46 bits per heavy atom. The van der Waals surface area contributed by atoms with Crippen LogP contribution in [0.2, 0.25) is 0 Å². The predicted molar refractivity (Wildman–Crippen MR) is 104 cm³/mol.